The molecule has 0 saturated heterocycles. The molecule has 0 spiro atoms. The van der Waals surface area contributed by atoms with E-state index in [1.807, 2.05) is 0 Å². The molecule has 1 saturated carbocycles. The molecule has 3 N–H and O–H groups in total. The molecule has 2 atom stereocenters. The fourth-order valence-corrected chi connectivity index (χ4v) is 2.61. The first-order valence-corrected chi connectivity index (χ1v) is 7.38. The Bertz CT molecular complexity index is 499. The van der Waals surface area contributed by atoms with Crippen molar-refractivity contribution in [3.63, 3.8) is 0 Å². The molecule has 1 amide bonds. The SMILES string of the molecule is C[C@@H]1CCCC[C@H]1NC(=O)COC(=O)c1ccc(N)cc1. The van der Waals surface area contributed by atoms with E-state index in [-0.39, 0.29) is 18.6 Å². The normalized spacial score (nSPS) is 21.6. The lowest BCUT2D eigenvalue weighted by Crippen LogP contribution is -2.42. The van der Waals surface area contributed by atoms with E-state index < -0.39 is 5.97 Å². The van der Waals surface area contributed by atoms with Crippen LogP contribution in [0.4, 0.5) is 5.69 Å². The first-order chi connectivity index (χ1) is 10.1. The minimum atomic E-state index is -0.512. The highest BCUT2D eigenvalue weighted by Gasteiger charge is 2.23. The molecule has 0 bridgehead atoms. The quantitative estimate of drug-likeness (QED) is 0.657. The second-order valence-electron chi connectivity index (χ2n) is 5.63. The lowest BCUT2D eigenvalue weighted by atomic mass is 9.86. The fraction of sp³-hybridized carbons (Fsp3) is 0.500. The van der Waals surface area contributed by atoms with E-state index in [0.717, 1.165) is 19.3 Å². The predicted octanol–water partition coefficient (Wildman–Crippen LogP) is 2.12. The van der Waals surface area contributed by atoms with E-state index in [0.29, 0.717) is 17.2 Å². The van der Waals surface area contributed by atoms with E-state index >= 15 is 0 Å². The summed E-state index contributed by atoms with van der Waals surface area (Å²) in [5, 5.41) is 2.95. The van der Waals surface area contributed by atoms with Crippen LogP contribution in [0.5, 0.6) is 0 Å². The summed E-state index contributed by atoms with van der Waals surface area (Å²) in [4.78, 5) is 23.6. The summed E-state index contributed by atoms with van der Waals surface area (Å²) in [5.74, 6) is -0.269. The third-order valence-corrected chi connectivity index (χ3v) is 3.94. The van der Waals surface area contributed by atoms with Gasteiger partial charge in [0.25, 0.3) is 5.91 Å². The number of esters is 1. The molecule has 1 aliphatic rings. The fourth-order valence-electron chi connectivity index (χ4n) is 2.61. The van der Waals surface area contributed by atoms with Crippen molar-refractivity contribution in [3.05, 3.63) is 29.8 Å². The molecule has 0 aliphatic heterocycles. The van der Waals surface area contributed by atoms with Crippen LogP contribution in [0.1, 0.15) is 43.0 Å². The van der Waals surface area contributed by atoms with E-state index in [1.165, 1.54) is 6.42 Å². The number of benzene rings is 1. The zero-order valence-corrected chi connectivity index (χ0v) is 12.3. The molecule has 1 fully saturated rings. The minimum absolute atomic E-state index is 0.196. The molecule has 21 heavy (non-hydrogen) atoms. The van der Waals surface area contributed by atoms with E-state index in [2.05, 4.69) is 12.2 Å². The molecule has 114 valence electrons. The Labute approximate surface area is 124 Å². The van der Waals surface area contributed by atoms with Gasteiger partial charge < -0.3 is 15.8 Å². The molecule has 1 aromatic rings. The number of ether oxygens (including phenoxy) is 1. The van der Waals surface area contributed by atoms with Gasteiger partial charge in [-0.05, 0) is 43.0 Å². The van der Waals surface area contributed by atoms with Crippen LogP contribution in [0.15, 0.2) is 24.3 Å². The number of hydrogen-bond donors (Lipinski definition) is 2. The van der Waals surface area contributed by atoms with Gasteiger partial charge in [0, 0.05) is 11.7 Å². The zero-order valence-electron chi connectivity index (χ0n) is 12.3. The molecule has 0 unspecified atom stereocenters. The van der Waals surface area contributed by atoms with Gasteiger partial charge in [0.05, 0.1) is 5.56 Å². The number of nitrogen functional groups attached to an aromatic ring is 1. The summed E-state index contributed by atoms with van der Waals surface area (Å²) >= 11 is 0. The molecule has 1 aliphatic carbocycles. The van der Waals surface area contributed by atoms with Crippen LogP contribution in [-0.4, -0.2) is 24.5 Å². The van der Waals surface area contributed by atoms with Crippen LogP contribution in [-0.2, 0) is 9.53 Å². The van der Waals surface area contributed by atoms with Crippen LogP contribution >= 0.6 is 0 Å². The molecular formula is C16H22N2O3. The minimum Gasteiger partial charge on any atom is -0.452 e. The van der Waals surface area contributed by atoms with Crippen LogP contribution in [0.3, 0.4) is 0 Å². The summed E-state index contributed by atoms with van der Waals surface area (Å²) in [5.41, 5.74) is 6.52. The third kappa shape index (κ3) is 4.48. The number of anilines is 1. The molecule has 5 nitrogen and oxygen atoms in total. The van der Waals surface area contributed by atoms with E-state index in [9.17, 15) is 9.59 Å². The van der Waals surface area contributed by atoms with Gasteiger partial charge in [-0.25, -0.2) is 4.79 Å². The Morgan fingerprint density at radius 1 is 1.24 bits per heavy atom. The smallest absolute Gasteiger partial charge is 0.338 e. The largest absolute Gasteiger partial charge is 0.452 e. The standard InChI is InChI=1S/C16H22N2O3/c1-11-4-2-3-5-14(11)18-15(19)10-21-16(20)12-6-8-13(17)9-7-12/h6-9,11,14H,2-5,10,17H2,1H3,(H,18,19)/t11-,14-/m1/s1. The Morgan fingerprint density at radius 2 is 1.90 bits per heavy atom. The summed E-state index contributed by atoms with van der Waals surface area (Å²) in [6.45, 7) is 1.90. The Kier molecular flexibility index (Phi) is 5.20. The first kappa shape index (κ1) is 15.4. The number of rotatable bonds is 4. The highest BCUT2D eigenvalue weighted by atomic mass is 16.5. The monoisotopic (exact) mass is 290 g/mol. The Balaban J connectivity index is 1.78. The molecule has 0 aromatic heterocycles. The number of hydrogen-bond acceptors (Lipinski definition) is 4. The summed E-state index contributed by atoms with van der Waals surface area (Å²) in [7, 11) is 0. The highest BCUT2D eigenvalue weighted by Crippen LogP contribution is 2.23. The van der Waals surface area contributed by atoms with Gasteiger partial charge in [0.2, 0.25) is 0 Å². The molecule has 0 heterocycles. The van der Waals surface area contributed by atoms with E-state index in [4.69, 9.17) is 10.5 Å². The van der Waals surface area contributed by atoms with Gasteiger partial charge in [-0.3, -0.25) is 4.79 Å². The van der Waals surface area contributed by atoms with Crippen molar-refractivity contribution in [3.8, 4) is 0 Å². The lowest BCUT2D eigenvalue weighted by molar-refractivity contribution is -0.125. The van der Waals surface area contributed by atoms with Gasteiger partial charge in [-0.2, -0.15) is 0 Å². The second-order valence-corrected chi connectivity index (χ2v) is 5.63. The third-order valence-electron chi connectivity index (χ3n) is 3.94. The molecule has 2 rings (SSSR count). The van der Waals surface area contributed by atoms with Crippen LogP contribution in [0.2, 0.25) is 0 Å². The zero-order chi connectivity index (χ0) is 15.2. The molecule has 0 radical (unpaired) electrons. The average Bonchev–Trinajstić information content (AvgIpc) is 2.48. The van der Waals surface area contributed by atoms with Crippen LogP contribution in [0, 0.1) is 5.92 Å². The molecule has 1 aromatic carbocycles. The Hall–Kier alpha value is -2.04. The highest BCUT2D eigenvalue weighted by molar-refractivity contribution is 5.91. The predicted molar refractivity (Wildman–Crippen MR) is 80.7 cm³/mol. The van der Waals surface area contributed by atoms with Crippen molar-refractivity contribution in [2.75, 3.05) is 12.3 Å². The average molecular weight is 290 g/mol. The second kappa shape index (κ2) is 7.11. The summed E-state index contributed by atoms with van der Waals surface area (Å²) < 4.78 is 5.01. The topological polar surface area (TPSA) is 81.4 Å². The van der Waals surface area contributed by atoms with Crippen molar-refractivity contribution >= 4 is 17.6 Å². The van der Waals surface area contributed by atoms with Crippen molar-refractivity contribution in [2.45, 2.75) is 38.6 Å². The maximum Gasteiger partial charge on any atom is 0.338 e. The molecular weight excluding hydrogens is 268 g/mol. The first-order valence-electron chi connectivity index (χ1n) is 7.38. The maximum atomic E-state index is 11.8. The number of carbonyl (C=O) groups is 2. The number of carbonyl (C=O) groups excluding carboxylic acids is 2. The van der Waals surface area contributed by atoms with Gasteiger partial charge in [0.1, 0.15) is 0 Å². The lowest BCUT2D eigenvalue weighted by Gasteiger charge is -2.29. The number of amides is 1. The number of nitrogens with one attached hydrogen (secondary N) is 1. The van der Waals surface area contributed by atoms with Crippen molar-refractivity contribution in [1.82, 2.24) is 5.32 Å². The van der Waals surface area contributed by atoms with Crippen molar-refractivity contribution in [2.24, 2.45) is 5.92 Å². The van der Waals surface area contributed by atoms with Gasteiger partial charge >= 0.3 is 5.97 Å². The maximum absolute atomic E-state index is 11.8. The summed E-state index contributed by atoms with van der Waals surface area (Å²) in [6, 6.07) is 6.61. The van der Waals surface area contributed by atoms with Crippen LogP contribution < -0.4 is 11.1 Å². The van der Waals surface area contributed by atoms with Crippen molar-refractivity contribution in [1.29, 1.82) is 0 Å². The summed E-state index contributed by atoms with van der Waals surface area (Å²) in [6.07, 6.45) is 4.50. The van der Waals surface area contributed by atoms with Gasteiger partial charge in [0.15, 0.2) is 6.61 Å². The number of nitrogens with two attached hydrogens (primary N) is 1. The van der Waals surface area contributed by atoms with Gasteiger partial charge in [-0.15, -0.1) is 0 Å². The van der Waals surface area contributed by atoms with E-state index in [1.54, 1.807) is 24.3 Å². The molecule has 5 heteroatoms. The van der Waals surface area contributed by atoms with Crippen LogP contribution in [0.25, 0.3) is 0 Å². The van der Waals surface area contributed by atoms with Gasteiger partial charge in [-0.1, -0.05) is 19.8 Å². The van der Waals surface area contributed by atoms with Crippen molar-refractivity contribution < 1.29 is 14.3 Å². The Morgan fingerprint density at radius 3 is 2.57 bits per heavy atom.